The minimum atomic E-state index is 0.00451. The maximum atomic E-state index is 11.7. The van der Waals surface area contributed by atoms with E-state index in [1.54, 1.807) is 0 Å². The van der Waals surface area contributed by atoms with Crippen LogP contribution in [0.1, 0.15) is 17.8 Å². The predicted molar refractivity (Wildman–Crippen MR) is 80.2 cm³/mol. The van der Waals surface area contributed by atoms with Crippen LogP contribution in [0.15, 0.2) is 30.3 Å². The molecule has 2 N–H and O–H groups in total. The van der Waals surface area contributed by atoms with E-state index in [0.717, 1.165) is 22.8 Å². The van der Waals surface area contributed by atoms with Crippen LogP contribution in [0.5, 0.6) is 0 Å². The van der Waals surface area contributed by atoms with Gasteiger partial charge < -0.3 is 10.6 Å². The van der Waals surface area contributed by atoms with Crippen molar-refractivity contribution >= 4 is 11.6 Å². The summed E-state index contributed by atoms with van der Waals surface area (Å²) in [7, 11) is 1.83. The fraction of sp³-hybridized carbons (Fsp3) is 0.333. The fourth-order valence-corrected chi connectivity index (χ4v) is 2.07. The number of carbonyl (C=O) groups excluding carboxylic acids is 1. The van der Waals surface area contributed by atoms with Gasteiger partial charge in [-0.2, -0.15) is 5.10 Å². The van der Waals surface area contributed by atoms with Crippen molar-refractivity contribution in [1.29, 1.82) is 0 Å². The second-order valence-corrected chi connectivity index (χ2v) is 4.79. The van der Waals surface area contributed by atoms with E-state index >= 15 is 0 Å². The number of amides is 1. The lowest BCUT2D eigenvalue weighted by atomic mass is 10.2. The zero-order valence-corrected chi connectivity index (χ0v) is 12.1. The molecule has 2 aromatic rings. The van der Waals surface area contributed by atoms with Crippen molar-refractivity contribution in [2.24, 2.45) is 0 Å². The molecule has 0 bridgehead atoms. The second-order valence-electron chi connectivity index (χ2n) is 4.79. The van der Waals surface area contributed by atoms with Crippen LogP contribution in [0.4, 0.5) is 5.69 Å². The van der Waals surface area contributed by atoms with Crippen LogP contribution < -0.4 is 10.6 Å². The topological polar surface area (TPSA) is 59.0 Å². The van der Waals surface area contributed by atoms with Crippen LogP contribution in [-0.4, -0.2) is 29.3 Å². The van der Waals surface area contributed by atoms with Gasteiger partial charge in [0.05, 0.1) is 11.4 Å². The Hall–Kier alpha value is -2.14. The Morgan fingerprint density at radius 3 is 2.75 bits per heavy atom. The summed E-state index contributed by atoms with van der Waals surface area (Å²) in [4.78, 5) is 11.7. The molecule has 0 atom stereocenters. The lowest BCUT2D eigenvalue weighted by molar-refractivity contribution is -0.116. The molecule has 1 aromatic carbocycles. The van der Waals surface area contributed by atoms with Crippen molar-refractivity contribution in [2.45, 2.75) is 20.3 Å². The van der Waals surface area contributed by atoms with Gasteiger partial charge >= 0.3 is 0 Å². The Balaban J connectivity index is 2.16. The third-order valence-electron chi connectivity index (χ3n) is 2.99. The van der Waals surface area contributed by atoms with Gasteiger partial charge in [-0.1, -0.05) is 6.07 Å². The molecule has 0 saturated heterocycles. The summed E-state index contributed by atoms with van der Waals surface area (Å²) in [6.45, 7) is 4.65. The molecule has 1 aromatic heterocycles. The Labute approximate surface area is 119 Å². The minimum Gasteiger partial charge on any atom is -0.326 e. The first-order valence-corrected chi connectivity index (χ1v) is 6.68. The summed E-state index contributed by atoms with van der Waals surface area (Å²) in [5.41, 5.74) is 3.78. The Bertz CT molecular complexity index is 604. The highest BCUT2D eigenvalue weighted by Crippen LogP contribution is 2.16. The Morgan fingerprint density at radius 1 is 1.30 bits per heavy atom. The molecule has 20 heavy (non-hydrogen) atoms. The average Bonchev–Trinajstić information content (AvgIpc) is 2.76. The minimum absolute atomic E-state index is 0.00451. The molecular formula is C15H20N4O. The average molecular weight is 272 g/mol. The number of hydrogen-bond acceptors (Lipinski definition) is 3. The number of carbonyl (C=O) groups is 1. The van der Waals surface area contributed by atoms with Crippen molar-refractivity contribution in [3.8, 4) is 5.69 Å². The lowest BCUT2D eigenvalue weighted by Crippen LogP contribution is -2.18. The maximum absolute atomic E-state index is 11.7. The number of anilines is 1. The Morgan fingerprint density at radius 2 is 2.10 bits per heavy atom. The molecule has 0 radical (unpaired) electrons. The summed E-state index contributed by atoms with van der Waals surface area (Å²) < 4.78 is 1.87. The molecule has 0 aliphatic heterocycles. The molecule has 5 nitrogen and oxygen atoms in total. The van der Waals surface area contributed by atoms with Gasteiger partial charge in [-0.05, 0) is 45.2 Å². The maximum Gasteiger partial charge on any atom is 0.225 e. The first-order valence-electron chi connectivity index (χ1n) is 6.68. The predicted octanol–water partition coefficient (Wildman–Crippen LogP) is 2.04. The van der Waals surface area contributed by atoms with E-state index in [2.05, 4.69) is 15.7 Å². The van der Waals surface area contributed by atoms with E-state index < -0.39 is 0 Å². The number of nitrogens with zero attached hydrogens (tertiary/aromatic N) is 2. The molecule has 0 unspecified atom stereocenters. The molecule has 1 heterocycles. The molecule has 0 aliphatic rings. The number of nitrogens with one attached hydrogen (secondary N) is 2. The second kappa shape index (κ2) is 6.34. The molecule has 0 saturated carbocycles. The SMILES string of the molecule is CNCCC(=O)Nc1cccc(-n2nc(C)cc2C)c1. The monoisotopic (exact) mass is 272 g/mol. The Kier molecular flexibility index (Phi) is 4.53. The molecule has 2 rings (SSSR count). The van der Waals surface area contributed by atoms with E-state index in [1.165, 1.54) is 0 Å². The fourth-order valence-electron chi connectivity index (χ4n) is 2.07. The van der Waals surface area contributed by atoms with Gasteiger partial charge in [-0.15, -0.1) is 0 Å². The highest BCUT2D eigenvalue weighted by molar-refractivity contribution is 5.91. The molecule has 0 aliphatic carbocycles. The molecule has 0 spiro atoms. The van der Waals surface area contributed by atoms with Gasteiger partial charge in [0.25, 0.3) is 0 Å². The van der Waals surface area contributed by atoms with Crippen molar-refractivity contribution in [2.75, 3.05) is 18.9 Å². The van der Waals surface area contributed by atoms with E-state index in [4.69, 9.17) is 0 Å². The standard InChI is InChI=1S/C15H20N4O/c1-11-9-12(2)19(18-11)14-6-4-5-13(10-14)17-15(20)7-8-16-3/h4-6,9-10,16H,7-8H2,1-3H3,(H,17,20). The van der Waals surface area contributed by atoms with Crippen molar-refractivity contribution in [3.63, 3.8) is 0 Å². The van der Waals surface area contributed by atoms with E-state index in [0.29, 0.717) is 13.0 Å². The number of benzene rings is 1. The largest absolute Gasteiger partial charge is 0.326 e. The molecule has 106 valence electrons. The molecule has 1 amide bonds. The quantitative estimate of drug-likeness (QED) is 0.875. The summed E-state index contributed by atoms with van der Waals surface area (Å²) in [6, 6.07) is 9.73. The van der Waals surface area contributed by atoms with Crippen LogP contribution >= 0.6 is 0 Å². The molecular weight excluding hydrogens is 252 g/mol. The van der Waals surface area contributed by atoms with Gasteiger partial charge in [-0.25, -0.2) is 4.68 Å². The van der Waals surface area contributed by atoms with Gasteiger partial charge in [0.15, 0.2) is 0 Å². The third kappa shape index (κ3) is 3.45. The smallest absolute Gasteiger partial charge is 0.225 e. The van der Waals surface area contributed by atoms with Gasteiger partial charge in [0.2, 0.25) is 5.91 Å². The van der Waals surface area contributed by atoms with E-state index in [-0.39, 0.29) is 5.91 Å². The summed E-state index contributed by atoms with van der Waals surface area (Å²) in [5.74, 6) is 0.00451. The van der Waals surface area contributed by atoms with Crippen molar-refractivity contribution in [1.82, 2.24) is 15.1 Å². The number of aromatic nitrogens is 2. The number of rotatable bonds is 5. The summed E-state index contributed by atoms with van der Waals surface area (Å²) in [6.07, 6.45) is 0.459. The van der Waals surface area contributed by atoms with Crippen molar-refractivity contribution < 1.29 is 4.79 Å². The first kappa shape index (κ1) is 14.3. The van der Waals surface area contributed by atoms with E-state index in [1.807, 2.05) is 55.9 Å². The number of hydrogen-bond donors (Lipinski definition) is 2. The highest BCUT2D eigenvalue weighted by atomic mass is 16.1. The molecule has 0 fully saturated rings. The summed E-state index contributed by atoms with van der Waals surface area (Å²) >= 11 is 0. The summed E-state index contributed by atoms with van der Waals surface area (Å²) in [5, 5.41) is 10.3. The zero-order chi connectivity index (χ0) is 14.5. The van der Waals surface area contributed by atoms with Gasteiger partial charge in [-0.3, -0.25) is 4.79 Å². The highest BCUT2D eigenvalue weighted by Gasteiger charge is 2.06. The van der Waals surface area contributed by atoms with Gasteiger partial charge in [0, 0.05) is 24.3 Å². The van der Waals surface area contributed by atoms with Gasteiger partial charge in [0.1, 0.15) is 0 Å². The van der Waals surface area contributed by atoms with Crippen LogP contribution in [0.3, 0.4) is 0 Å². The third-order valence-corrected chi connectivity index (χ3v) is 2.99. The first-order chi connectivity index (χ1) is 9.60. The van der Waals surface area contributed by atoms with E-state index in [9.17, 15) is 4.79 Å². The van der Waals surface area contributed by atoms with Crippen LogP contribution in [0, 0.1) is 13.8 Å². The number of aryl methyl sites for hydroxylation is 2. The normalized spacial score (nSPS) is 10.6. The van der Waals surface area contributed by atoms with Crippen LogP contribution in [-0.2, 0) is 4.79 Å². The van der Waals surface area contributed by atoms with Crippen LogP contribution in [0.25, 0.3) is 5.69 Å². The molecule has 5 heteroatoms. The van der Waals surface area contributed by atoms with Crippen LogP contribution in [0.2, 0.25) is 0 Å². The zero-order valence-electron chi connectivity index (χ0n) is 12.1. The van der Waals surface area contributed by atoms with Crippen molar-refractivity contribution in [3.05, 3.63) is 41.7 Å². The lowest BCUT2D eigenvalue weighted by Gasteiger charge is -2.08.